The van der Waals surface area contributed by atoms with E-state index >= 15 is 0 Å². The molecule has 0 aliphatic rings. The van der Waals surface area contributed by atoms with Gasteiger partial charge in [-0.25, -0.2) is 0 Å². The molecule has 0 unspecified atom stereocenters. The first-order valence-electron chi connectivity index (χ1n) is 25.7. The molecule has 4 aromatic rings. The predicted molar refractivity (Wildman–Crippen MR) is 304 cm³/mol. The first-order chi connectivity index (χ1) is 30.2. The second-order valence-electron chi connectivity index (χ2n) is 24.6. The van der Waals surface area contributed by atoms with Crippen LogP contribution in [0.15, 0.2) is 24.3 Å². The molecule has 2 heteroatoms. The molecule has 0 saturated carbocycles. The third-order valence-electron chi connectivity index (χ3n) is 15.4. The van der Waals surface area contributed by atoms with Crippen LogP contribution < -0.4 is 17.6 Å². The van der Waals surface area contributed by atoms with Gasteiger partial charge >= 0.3 is 419 Å². The van der Waals surface area contributed by atoms with Gasteiger partial charge in [0.25, 0.3) is 0 Å². The van der Waals surface area contributed by atoms with Crippen molar-refractivity contribution in [3.05, 3.63) is 113 Å². The van der Waals surface area contributed by atoms with E-state index in [0.717, 1.165) is 38.5 Å². The summed E-state index contributed by atoms with van der Waals surface area (Å²) in [6.07, 6.45) is 6.76. The van der Waals surface area contributed by atoms with Gasteiger partial charge in [0.1, 0.15) is 0 Å². The van der Waals surface area contributed by atoms with Crippen molar-refractivity contribution in [3.8, 4) is 11.8 Å². The summed E-state index contributed by atoms with van der Waals surface area (Å²) in [4.78, 5) is 0. The van der Waals surface area contributed by atoms with E-state index in [2.05, 4.69) is 216 Å². The third-order valence-corrected chi connectivity index (χ3v) is 29.1. The molecule has 0 bridgehead atoms. The van der Waals surface area contributed by atoms with E-state index in [1.807, 2.05) is 0 Å². The van der Waals surface area contributed by atoms with Crippen molar-refractivity contribution < 1.29 is 0 Å². The number of benzene rings is 4. The Kier molecular flexibility index (Phi) is 17.9. The van der Waals surface area contributed by atoms with E-state index in [4.69, 9.17) is 0 Å². The summed E-state index contributed by atoms with van der Waals surface area (Å²) in [6.45, 7) is 63.0. The van der Waals surface area contributed by atoms with E-state index in [1.54, 1.807) is 26.3 Å². The Balaban J connectivity index is 2.58. The first-order valence-corrected chi connectivity index (χ1v) is 32.0. The monoisotopic (exact) mass is 1010 g/mol. The van der Waals surface area contributed by atoms with E-state index in [9.17, 15) is 0 Å². The molecule has 0 radical (unpaired) electrons. The summed E-state index contributed by atoms with van der Waals surface area (Å²) in [5.74, 6) is 8.83. The minimum atomic E-state index is -2.64. The van der Waals surface area contributed by atoms with E-state index in [0.29, 0.717) is 0 Å². The molecule has 4 rings (SSSR count). The Labute approximate surface area is 416 Å². The number of hydrogen-bond acceptors (Lipinski definition) is 0. The Morgan fingerprint density at radius 1 is 0.348 bits per heavy atom. The van der Waals surface area contributed by atoms with Crippen molar-refractivity contribution in [2.75, 3.05) is 0 Å². The maximum atomic E-state index is 4.41. The summed E-state index contributed by atoms with van der Waals surface area (Å²) >= 11 is -5.28. The molecule has 0 saturated heterocycles. The molecule has 0 atom stereocenters. The summed E-state index contributed by atoms with van der Waals surface area (Å²) < 4.78 is 9.78. The molecule has 0 fully saturated rings. The van der Waals surface area contributed by atoms with Crippen LogP contribution in [-0.4, -0.2) is 36.5 Å². The van der Waals surface area contributed by atoms with Gasteiger partial charge in [-0.3, -0.25) is 0 Å². The van der Waals surface area contributed by atoms with Gasteiger partial charge < -0.3 is 0 Å². The van der Waals surface area contributed by atoms with Crippen LogP contribution in [0.2, 0.25) is 0 Å². The fourth-order valence-electron chi connectivity index (χ4n) is 10.2. The van der Waals surface area contributed by atoms with Crippen LogP contribution >= 0.6 is 0 Å². The predicted octanol–water partition coefficient (Wildman–Crippen LogP) is 14.4. The van der Waals surface area contributed by atoms with E-state index < -0.39 is 27.8 Å². The zero-order chi connectivity index (χ0) is 50.3. The summed E-state index contributed by atoms with van der Waals surface area (Å²) in [7, 11) is 0. The summed E-state index contributed by atoms with van der Waals surface area (Å²) in [5.41, 5.74) is 23.6. The molecule has 358 valence electrons. The standard InChI is InChI=1S/C64H94Ge2/c1-27-29-31-51(65(57-47(11)43(7)39(3)35-53(57)61(15,16)17)58-48(12)44(8)40(4)36-54(58)62(18,19)20)33-34-52(32-30-28-2)66(59-49(13)45(9)41(5)37-55(59)63(21,22)23)60-50(14)46(10)42(6)38-56(60)64(24,25)26/h35-38H,27-32H2,1-26H3. The molecule has 0 spiro atoms. The number of aryl methyl sites for hydroxylation is 4. The summed E-state index contributed by atoms with van der Waals surface area (Å²) in [6, 6.07) is 10.3. The molecule has 4 aromatic carbocycles. The Hall–Kier alpha value is -2.73. The average Bonchev–Trinajstić information content (AvgIpc) is 3.20. The molecule has 0 aromatic heterocycles. The molecule has 0 heterocycles. The van der Waals surface area contributed by atoms with Gasteiger partial charge in [0, 0.05) is 0 Å². The molecule has 0 amide bonds. The first kappa shape index (κ1) is 55.9. The Morgan fingerprint density at radius 2 is 0.545 bits per heavy atom. The quantitative estimate of drug-likeness (QED) is 0.110. The summed E-state index contributed by atoms with van der Waals surface area (Å²) in [5, 5.41) is 0. The molecular weight excluding hydrogens is 914 g/mol. The van der Waals surface area contributed by atoms with Crippen LogP contribution in [-0.2, 0) is 21.7 Å². The van der Waals surface area contributed by atoms with E-state index in [1.165, 1.54) is 89.0 Å². The van der Waals surface area contributed by atoms with Gasteiger partial charge in [-0.05, 0) is 0 Å². The van der Waals surface area contributed by atoms with Gasteiger partial charge in [0.2, 0.25) is 0 Å². The zero-order valence-corrected chi connectivity index (χ0v) is 51.7. The fourth-order valence-corrected chi connectivity index (χ4v) is 27.1. The molecule has 66 heavy (non-hydrogen) atoms. The number of rotatable bonds is 10. The van der Waals surface area contributed by atoms with Crippen molar-refractivity contribution in [2.45, 2.75) is 240 Å². The molecule has 0 aliphatic heterocycles. The van der Waals surface area contributed by atoms with Gasteiger partial charge in [-0.2, -0.15) is 0 Å². The van der Waals surface area contributed by atoms with Crippen LogP contribution in [0.1, 0.15) is 224 Å². The third kappa shape index (κ3) is 11.6. The van der Waals surface area contributed by atoms with E-state index in [-0.39, 0.29) is 21.7 Å². The average molecular weight is 1010 g/mol. The maximum absolute atomic E-state index is 4.41. The molecule has 0 aliphatic carbocycles. The number of hydrogen-bond donors (Lipinski definition) is 0. The Bertz CT molecular complexity index is 2290. The van der Waals surface area contributed by atoms with Crippen molar-refractivity contribution in [2.24, 2.45) is 0 Å². The van der Waals surface area contributed by atoms with Gasteiger partial charge in [-0.1, -0.05) is 0 Å². The van der Waals surface area contributed by atoms with Crippen LogP contribution in [0.3, 0.4) is 0 Å². The fraction of sp³-hybridized carbons (Fsp3) is 0.562. The van der Waals surface area contributed by atoms with Crippen LogP contribution in [0.25, 0.3) is 0 Å². The van der Waals surface area contributed by atoms with Gasteiger partial charge in [-0.15, -0.1) is 0 Å². The normalized spacial score (nSPS) is 12.3. The van der Waals surface area contributed by atoms with Crippen LogP contribution in [0, 0.1) is 94.9 Å². The second kappa shape index (κ2) is 21.1. The molecule has 0 nitrogen and oxygen atoms in total. The molecular formula is C64H94Ge2. The minimum absolute atomic E-state index is 0.0121. The van der Waals surface area contributed by atoms with Crippen molar-refractivity contribution in [3.63, 3.8) is 0 Å². The van der Waals surface area contributed by atoms with Crippen LogP contribution in [0.5, 0.6) is 0 Å². The van der Waals surface area contributed by atoms with Crippen LogP contribution in [0.4, 0.5) is 0 Å². The van der Waals surface area contributed by atoms with Crippen molar-refractivity contribution in [1.29, 1.82) is 0 Å². The van der Waals surface area contributed by atoms with Gasteiger partial charge in [0.15, 0.2) is 0 Å². The number of unbranched alkanes of at least 4 members (excludes halogenated alkanes) is 2. The van der Waals surface area contributed by atoms with Gasteiger partial charge in [0.05, 0.1) is 0 Å². The van der Waals surface area contributed by atoms with Crippen molar-refractivity contribution >= 4 is 54.1 Å². The molecule has 0 N–H and O–H groups in total. The topological polar surface area (TPSA) is 0 Å². The Morgan fingerprint density at radius 3 is 0.712 bits per heavy atom. The second-order valence-corrected chi connectivity index (χ2v) is 34.5. The zero-order valence-electron chi connectivity index (χ0n) is 47.6. The van der Waals surface area contributed by atoms with Crippen molar-refractivity contribution in [1.82, 2.24) is 0 Å². The SMILES string of the molecule is CCCC[C](C#C[C](CCCC)=[Ge]([c]1c(C(C)(C)C)cc(C)c(C)c1C)[c]1c(C(C)(C)C)cc(C)c(C)c1C)=[Ge]([c]1c(C(C)(C)C)cc(C)c(C)c1C)[c]1c(C(C)(C)C)cc(C)c(C)c1C.